The van der Waals surface area contributed by atoms with Gasteiger partial charge in [-0.3, -0.25) is 0 Å². The highest BCUT2D eigenvalue weighted by molar-refractivity contribution is 5.81. The summed E-state index contributed by atoms with van der Waals surface area (Å²) in [5.41, 5.74) is 1.76. The van der Waals surface area contributed by atoms with Crippen LogP contribution in [-0.2, 0) is 20.9 Å². The molecular weight excluding hydrogens is 256 g/mol. The highest BCUT2D eigenvalue weighted by Gasteiger charge is 2.23. The summed E-state index contributed by atoms with van der Waals surface area (Å²) in [6.45, 7) is 5.85. The SMILES string of the molecule is COCc1nc2ccccc2n1[C@@H](C)C(=O)OC(C)C. The van der Waals surface area contributed by atoms with E-state index in [0.29, 0.717) is 6.61 Å². The first kappa shape index (κ1) is 14.5. The molecule has 1 heterocycles. The van der Waals surface area contributed by atoms with Gasteiger partial charge >= 0.3 is 5.97 Å². The van der Waals surface area contributed by atoms with Gasteiger partial charge < -0.3 is 14.0 Å². The third-order valence-corrected chi connectivity index (χ3v) is 3.02. The number of fused-ring (bicyclic) bond motifs is 1. The summed E-state index contributed by atoms with van der Waals surface area (Å²) in [6, 6.07) is 7.28. The predicted molar refractivity (Wildman–Crippen MR) is 76.4 cm³/mol. The second-order valence-corrected chi connectivity index (χ2v) is 4.98. The number of imidazole rings is 1. The Morgan fingerprint density at radius 1 is 1.30 bits per heavy atom. The third kappa shape index (κ3) is 2.82. The molecule has 0 saturated carbocycles. The number of rotatable bonds is 5. The topological polar surface area (TPSA) is 53.4 Å². The lowest BCUT2D eigenvalue weighted by Crippen LogP contribution is -2.23. The lowest BCUT2D eigenvalue weighted by Gasteiger charge is -2.18. The fourth-order valence-corrected chi connectivity index (χ4v) is 2.19. The Hall–Kier alpha value is -1.88. The molecule has 0 fully saturated rings. The zero-order chi connectivity index (χ0) is 14.7. The van der Waals surface area contributed by atoms with Crippen molar-refractivity contribution < 1.29 is 14.3 Å². The average molecular weight is 276 g/mol. The summed E-state index contributed by atoms with van der Waals surface area (Å²) in [5.74, 6) is 0.461. The van der Waals surface area contributed by atoms with Crippen molar-refractivity contribution in [2.75, 3.05) is 7.11 Å². The summed E-state index contributed by atoms with van der Waals surface area (Å²) in [6.07, 6.45) is -0.134. The predicted octanol–water partition coefficient (Wildman–Crippen LogP) is 2.70. The van der Waals surface area contributed by atoms with Gasteiger partial charge in [-0.1, -0.05) is 12.1 Å². The van der Waals surface area contributed by atoms with Crippen LogP contribution < -0.4 is 0 Å². The molecule has 0 aliphatic rings. The van der Waals surface area contributed by atoms with E-state index in [0.717, 1.165) is 16.9 Å². The molecule has 1 atom stereocenters. The molecule has 20 heavy (non-hydrogen) atoms. The zero-order valence-corrected chi connectivity index (χ0v) is 12.3. The quantitative estimate of drug-likeness (QED) is 0.788. The molecule has 0 unspecified atom stereocenters. The first-order chi connectivity index (χ1) is 9.54. The zero-order valence-electron chi connectivity index (χ0n) is 12.3. The maximum atomic E-state index is 12.1. The lowest BCUT2D eigenvalue weighted by atomic mass is 10.2. The molecule has 5 nitrogen and oxygen atoms in total. The number of carbonyl (C=O) groups is 1. The standard InChI is InChI=1S/C15H20N2O3/c1-10(2)20-15(18)11(3)17-13-8-6-5-7-12(13)16-14(17)9-19-4/h5-8,10-11H,9H2,1-4H3/t11-/m0/s1. The number of nitrogens with zero attached hydrogens (tertiary/aromatic N) is 2. The van der Waals surface area contributed by atoms with Crippen LogP contribution in [0.15, 0.2) is 24.3 Å². The summed E-state index contributed by atoms with van der Waals surface area (Å²) in [7, 11) is 1.61. The monoisotopic (exact) mass is 276 g/mol. The number of carbonyl (C=O) groups excluding carboxylic acids is 1. The van der Waals surface area contributed by atoms with Crippen LogP contribution in [0.25, 0.3) is 11.0 Å². The van der Waals surface area contributed by atoms with E-state index in [9.17, 15) is 4.79 Å². The van der Waals surface area contributed by atoms with Crippen molar-refractivity contribution in [2.45, 2.75) is 39.5 Å². The van der Waals surface area contributed by atoms with Crippen LogP contribution in [0, 0.1) is 0 Å². The normalized spacial score (nSPS) is 12.8. The number of hydrogen-bond donors (Lipinski definition) is 0. The van der Waals surface area contributed by atoms with Crippen LogP contribution in [0.4, 0.5) is 0 Å². The van der Waals surface area contributed by atoms with Gasteiger partial charge in [-0.15, -0.1) is 0 Å². The number of esters is 1. The molecule has 1 aromatic heterocycles. The Morgan fingerprint density at radius 2 is 2.00 bits per heavy atom. The summed E-state index contributed by atoms with van der Waals surface area (Å²) in [4.78, 5) is 16.7. The van der Waals surface area contributed by atoms with E-state index in [1.807, 2.05) is 49.6 Å². The van der Waals surface area contributed by atoms with Crippen molar-refractivity contribution in [3.63, 3.8) is 0 Å². The Bertz CT molecular complexity index is 604. The van der Waals surface area contributed by atoms with Crippen LogP contribution in [0.2, 0.25) is 0 Å². The molecule has 0 radical (unpaired) electrons. The first-order valence-corrected chi connectivity index (χ1v) is 6.70. The third-order valence-electron chi connectivity index (χ3n) is 3.02. The van der Waals surface area contributed by atoms with Crippen LogP contribution in [0.5, 0.6) is 0 Å². The summed E-state index contributed by atoms with van der Waals surface area (Å²) >= 11 is 0. The number of methoxy groups -OCH3 is 1. The number of benzene rings is 1. The molecule has 0 aliphatic carbocycles. The minimum atomic E-state index is -0.435. The number of aromatic nitrogens is 2. The average Bonchev–Trinajstić information content (AvgIpc) is 2.75. The molecule has 2 aromatic rings. The van der Waals surface area contributed by atoms with E-state index in [1.165, 1.54) is 0 Å². The largest absolute Gasteiger partial charge is 0.461 e. The van der Waals surface area contributed by atoms with E-state index in [4.69, 9.17) is 9.47 Å². The van der Waals surface area contributed by atoms with Crippen molar-refractivity contribution in [2.24, 2.45) is 0 Å². The molecule has 0 bridgehead atoms. The van der Waals surface area contributed by atoms with E-state index in [1.54, 1.807) is 7.11 Å². The Balaban J connectivity index is 2.45. The van der Waals surface area contributed by atoms with Gasteiger partial charge in [-0.25, -0.2) is 9.78 Å². The minimum absolute atomic E-state index is 0.134. The number of para-hydroxylation sites is 2. The van der Waals surface area contributed by atoms with Gasteiger partial charge in [0.15, 0.2) is 0 Å². The first-order valence-electron chi connectivity index (χ1n) is 6.70. The fraction of sp³-hybridized carbons (Fsp3) is 0.467. The molecular formula is C15H20N2O3. The van der Waals surface area contributed by atoms with Crippen molar-refractivity contribution >= 4 is 17.0 Å². The van der Waals surface area contributed by atoms with E-state index in [2.05, 4.69) is 4.98 Å². The van der Waals surface area contributed by atoms with Crippen molar-refractivity contribution in [1.82, 2.24) is 9.55 Å². The Labute approximate surface area is 118 Å². The molecule has 0 amide bonds. The smallest absolute Gasteiger partial charge is 0.329 e. The van der Waals surface area contributed by atoms with Crippen LogP contribution in [0.1, 0.15) is 32.6 Å². The second-order valence-electron chi connectivity index (χ2n) is 4.98. The molecule has 1 aromatic carbocycles. The van der Waals surface area contributed by atoms with Crippen LogP contribution >= 0.6 is 0 Å². The Kier molecular flexibility index (Phi) is 4.39. The van der Waals surface area contributed by atoms with Gasteiger partial charge in [-0.2, -0.15) is 0 Å². The molecule has 0 spiro atoms. The molecule has 0 saturated heterocycles. The minimum Gasteiger partial charge on any atom is -0.461 e. The maximum Gasteiger partial charge on any atom is 0.329 e. The van der Waals surface area contributed by atoms with Crippen LogP contribution in [0.3, 0.4) is 0 Å². The summed E-state index contributed by atoms with van der Waals surface area (Å²) < 4.78 is 12.3. The van der Waals surface area contributed by atoms with Crippen molar-refractivity contribution in [3.8, 4) is 0 Å². The molecule has 0 aliphatic heterocycles. The van der Waals surface area contributed by atoms with Gasteiger partial charge in [0.2, 0.25) is 0 Å². The Morgan fingerprint density at radius 3 is 2.65 bits per heavy atom. The maximum absolute atomic E-state index is 12.1. The van der Waals surface area contributed by atoms with Gasteiger partial charge in [0.05, 0.1) is 17.1 Å². The van der Waals surface area contributed by atoms with E-state index < -0.39 is 6.04 Å². The highest BCUT2D eigenvalue weighted by atomic mass is 16.5. The van der Waals surface area contributed by atoms with Gasteiger partial charge in [0.1, 0.15) is 18.5 Å². The number of hydrogen-bond acceptors (Lipinski definition) is 4. The van der Waals surface area contributed by atoms with Gasteiger partial charge in [-0.05, 0) is 32.9 Å². The van der Waals surface area contributed by atoms with E-state index in [-0.39, 0.29) is 12.1 Å². The fourth-order valence-electron chi connectivity index (χ4n) is 2.19. The van der Waals surface area contributed by atoms with Crippen molar-refractivity contribution in [1.29, 1.82) is 0 Å². The molecule has 0 N–H and O–H groups in total. The molecule has 5 heteroatoms. The van der Waals surface area contributed by atoms with Crippen LogP contribution in [-0.4, -0.2) is 28.7 Å². The number of ether oxygens (including phenoxy) is 2. The lowest BCUT2D eigenvalue weighted by molar-refractivity contribution is -0.150. The van der Waals surface area contributed by atoms with Gasteiger partial charge in [0.25, 0.3) is 0 Å². The second kappa shape index (κ2) is 6.05. The summed E-state index contributed by atoms with van der Waals surface area (Å²) in [5, 5.41) is 0. The highest BCUT2D eigenvalue weighted by Crippen LogP contribution is 2.22. The molecule has 108 valence electrons. The van der Waals surface area contributed by atoms with Gasteiger partial charge in [0, 0.05) is 7.11 Å². The van der Waals surface area contributed by atoms with E-state index >= 15 is 0 Å². The molecule has 2 rings (SSSR count). The van der Waals surface area contributed by atoms with Crippen molar-refractivity contribution in [3.05, 3.63) is 30.1 Å².